The smallest absolute Gasteiger partial charge is 0.0576 e. The molecule has 0 spiro atoms. The first-order chi connectivity index (χ1) is 9.38. The summed E-state index contributed by atoms with van der Waals surface area (Å²) >= 11 is 0. The van der Waals surface area contributed by atoms with Crippen LogP contribution < -0.4 is 5.32 Å². The van der Waals surface area contributed by atoms with Gasteiger partial charge in [-0.1, -0.05) is 18.6 Å². The van der Waals surface area contributed by atoms with E-state index >= 15 is 0 Å². The summed E-state index contributed by atoms with van der Waals surface area (Å²) in [5.41, 5.74) is 1.70. The van der Waals surface area contributed by atoms with E-state index in [1.54, 1.807) is 5.57 Å². The minimum absolute atomic E-state index is 0.547. The summed E-state index contributed by atoms with van der Waals surface area (Å²) in [6.07, 6.45) is 16.1. The molecular formula is C17H31NO. The van der Waals surface area contributed by atoms with Crippen molar-refractivity contribution in [1.82, 2.24) is 5.32 Å². The van der Waals surface area contributed by atoms with Crippen molar-refractivity contribution in [2.45, 2.75) is 83.3 Å². The van der Waals surface area contributed by atoms with Crippen LogP contribution in [0.25, 0.3) is 0 Å². The Balaban J connectivity index is 1.74. The molecule has 0 bridgehead atoms. The van der Waals surface area contributed by atoms with Crippen LogP contribution in [0.15, 0.2) is 11.6 Å². The minimum atomic E-state index is 0.547. The lowest BCUT2D eigenvalue weighted by Gasteiger charge is -2.23. The van der Waals surface area contributed by atoms with Gasteiger partial charge in [0, 0.05) is 12.6 Å². The minimum Gasteiger partial charge on any atom is -0.378 e. The molecule has 2 unspecified atom stereocenters. The van der Waals surface area contributed by atoms with Crippen LogP contribution in [0.2, 0.25) is 0 Å². The number of hydrogen-bond acceptors (Lipinski definition) is 2. The van der Waals surface area contributed by atoms with Gasteiger partial charge in [0.15, 0.2) is 0 Å². The maximum absolute atomic E-state index is 5.76. The Morgan fingerprint density at radius 3 is 3.00 bits per heavy atom. The molecule has 1 fully saturated rings. The second-order valence-electron chi connectivity index (χ2n) is 6.18. The van der Waals surface area contributed by atoms with Crippen molar-refractivity contribution in [3.05, 3.63) is 11.6 Å². The molecule has 0 amide bonds. The lowest BCUT2D eigenvalue weighted by molar-refractivity contribution is 0.0995. The predicted molar refractivity (Wildman–Crippen MR) is 81.5 cm³/mol. The van der Waals surface area contributed by atoms with E-state index in [9.17, 15) is 0 Å². The topological polar surface area (TPSA) is 21.3 Å². The van der Waals surface area contributed by atoms with Crippen LogP contribution in [0, 0.1) is 0 Å². The highest BCUT2D eigenvalue weighted by atomic mass is 16.5. The lowest BCUT2D eigenvalue weighted by Crippen LogP contribution is -2.31. The Morgan fingerprint density at radius 2 is 2.32 bits per heavy atom. The zero-order valence-electron chi connectivity index (χ0n) is 12.6. The van der Waals surface area contributed by atoms with Crippen molar-refractivity contribution in [3.63, 3.8) is 0 Å². The molecule has 2 heteroatoms. The van der Waals surface area contributed by atoms with Crippen molar-refractivity contribution in [2.75, 3.05) is 13.2 Å². The Hall–Kier alpha value is -0.340. The van der Waals surface area contributed by atoms with Crippen LogP contribution in [0.1, 0.15) is 71.1 Å². The summed E-state index contributed by atoms with van der Waals surface area (Å²) in [7, 11) is 0. The highest BCUT2D eigenvalue weighted by Gasteiger charge is 2.18. The first-order valence-corrected chi connectivity index (χ1v) is 8.41. The standard InChI is InChI=1S/C17H31NO/c1-2-12-18-16(10-11-17-9-6-13-19-17)14-15-7-4-3-5-8-15/h7,16-18H,2-6,8-14H2,1H3. The van der Waals surface area contributed by atoms with E-state index in [4.69, 9.17) is 4.74 Å². The molecule has 0 aromatic carbocycles. The maximum atomic E-state index is 5.76. The molecule has 2 rings (SSSR count). The van der Waals surface area contributed by atoms with Crippen LogP contribution in [-0.2, 0) is 4.74 Å². The molecule has 0 aromatic rings. The van der Waals surface area contributed by atoms with Crippen LogP contribution in [-0.4, -0.2) is 25.3 Å². The number of nitrogens with one attached hydrogen (secondary N) is 1. The third kappa shape index (κ3) is 5.66. The molecule has 1 saturated heterocycles. The summed E-state index contributed by atoms with van der Waals surface area (Å²) < 4.78 is 5.76. The van der Waals surface area contributed by atoms with Gasteiger partial charge in [0.2, 0.25) is 0 Å². The third-order valence-corrected chi connectivity index (χ3v) is 4.44. The zero-order chi connectivity index (χ0) is 13.3. The molecular weight excluding hydrogens is 234 g/mol. The average molecular weight is 265 g/mol. The molecule has 0 saturated carbocycles. The molecule has 110 valence electrons. The lowest BCUT2D eigenvalue weighted by atomic mass is 9.92. The molecule has 2 nitrogen and oxygen atoms in total. The Kier molecular flexibility index (Phi) is 6.94. The molecule has 1 aliphatic heterocycles. The fourth-order valence-electron chi connectivity index (χ4n) is 3.29. The molecule has 0 radical (unpaired) electrons. The maximum Gasteiger partial charge on any atom is 0.0576 e. The predicted octanol–water partition coefficient (Wildman–Crippen LogP) is 4.20. The van der Waals surface area contributed by atoms with Gasteiger partial charge < -0.3 is 10.1 Å². The van der Waals surface area contributed by atoms with Gasteiger partial charge >= 0.3 is 0 Å². The monoisotopic (exact) mass is 265 g/mol. The van der Waals surface area contributed by atoms with Crippen molar-refractivity contribution < 1.29 is 4.74 Å². The van der Waals surface area contributed by atoms with Crippen LogP contribution in [0.3, 0.4) is 0 Å². The van der Waals surface area contributed by atoms with Gasteiger partial charge in [-0.25, -0.2) is 0 Å². The number of ether oxygens (including phenoxy) is 1. The van der Waals surface area contributed by atoms with Crippen molar-refractivity contribution >= 4 is 0 Å². The zero-order valence-corrected chi connectivity index (χ0v) is 12.6. The van der Waals surface area contributed by atoms with Gasteiger partial charge in [0.05, 0.1) is 6.10 Å². The SMILES string of the molecule is CCCNC(CCC1CCCO1)CC1=CCCCC1. The highest BCUT2D eigenvalue weighted by Crippen LogP contribution is 2.24. The van der Waals surface area contributed by atoms with Crippen molar-refractivity contribution in [2.24, 2.45) is 0 Å². The van der Waals surface area contributed by atoms with Gasteiger partial charge in [0.25, 0.3) is 0 Å². The quantitative estimate of drug-likeness (QED) is 0.664. The summed E-state index contributed by atoms with van der Waals surface area (Å²) in [5, 5.41) is 3.74. The summed E-state index contributed by atoms with van der Waals surface area (Å²) in [6, 6.07) is 0.675. The Bertz CT molecular complexity index is 268. The molecule has 1 aliphatic carbocycles. The third-order valence-electron chi connectivity index (χ3n) is 4.44. The van der Waals surface area contributed by atoms with E-state index in [0.717, 1.165) is 13.2 Å². The van der Waals surface area contributed by atoms with Crippen molar-refractivity contribution in [1.29, 1.82) is 0 Å². The largest absolute Gasteiger partial charge is 0.378 e. The van der Waals surface area contributed by atoms with E-state index in [1.807, 2.05) is 0 Å². The van der Waals surface area contributed by atoms with E-state index in [1.165, 1.54) is 64.2 Å². The molecule has 1 N–H and O–H groups in total. The first kappa shape index (κ1) is 15.1. The summed E-state index contributed by atoms with van der Waals surface area (Å²) in [5.74, 6) is 0. The average Bonchev–Trinajstić information content (AvgIpc) is 2.96. The Morgan fingerprint density at radius 1 is 1.37 bits per heavy atom. The summed E-state index contributed by atoms with van der Waals surface area (Å²) in [6.45, 7) is 4.40. The van der Waals surface area contributed by atoms with Crippen LogP contribution >= 0.6 is 0 Å². The van der Waals surface area contributed by atoms with E-state index in [2.05, 4.69) is 18.3 Å². The van der Waals surface area contributed by atoms with Gasteiger partial charge in [-0.05, 0) is 70.8 Å². The van der Waals surface area contributed by atoms with Gasteiger partial charge in [-0.15, -0.1) is 0 Å². The molecule has 0 aromatic heterocycles. The Labute approximate surface area is 119 Å². The van der Waals surface area contributed by atoms with Gasteiger partial charge in [-0.2, -0.15) is 0 Å². The normalized spacial score (nSPS) is 25.3. The molecule has 19 heavy (non-hydrogen) atoms. The second kappa shape index (κ2) is 8.76. The number of hydrogen-bond donors (Lipinski definition) is 1. The van der Waals surface area contributed by atoms with Gasteiger partial charge in [0.1, 0.15) is 0 Å². The first-order valence-electron chi connectivity index (χ1n) is 8.41. The molecule has 2 atom stereocenters. The number of allylic oxidation sites excluding steroid dienone is 1. The van der Waals surface area contributed by atoms with Crippen LogP contribution in [0.5, 0.6) is 0 Å². The second-order valence-corrected chi connectivity index (χ2v) is 6.18. The molecule has 2 aliphatic rings. The van der Waals surface area contributed by atoms with Crippen molar-refractivity contribution in [3.8, 4) is 0 Å². The summed E-state index contributed by atoms with van der Waals surface area (Å²) in [4.78, 5) is 0. The van der Waals surface area contributed by atoms with E-state index < -0.39 is 0 Å². The fraction of sp³-hybridized carbons (Fsp3) is 0.882. The van der Waals surface area contributed by atoms with E-state index in [0.29, 0.717) is 12.1 Å². The molecule has 1 heterocycles. The van der Waals surface area contributed by atoms with E-state index in [-0.39, 0.29) is 0 Å². The number of rotatable bonds is 8. The van der Waals surface area contributed by atoms with Gasteiger partial charge in [-0.3, -0.25) is 0 Å². The van der Waals surface area contributed by atoms with Crippen LogP contribution in [0.4, 0.5) is 0 Å². The highest BCUT2D eigenvalue weighted by molar-refractivity contribution is 5.07. The fourth-order valence-corrected chi connectivity index (χ4v) is 3.29.